The fraction of sp³-hybridized carbons (Fsp3) is 0.195. The summed E-state index contributed by atoms with van der Waals surface area (Å²) in [5.41, 5.74) is 29.3. The first-order valence-corrected chi connectivity index (χ1v) is 33.4. The number of aryl methyl sites for hydroxylation is 13. The summed E-state index contributed by atoms with van der Waals surface area (Å²) in [5.74, 6) is 1.50. The summed E-state index contributed by atoms with van der Waals surface area (Å²) in [6, 6.07) is 76.5. The molecule has 0 unspecified atom stereocenters. The average Bonchev–Trinajstić information content (AvgIpc) is 0.890. The summed E-state index contributed by atoms with van der Waals surface area (Å²) in [6.07, 6.45) is 7.61. The lowest BCUT2D eigenvalue weighted by atomic mass is 9.96. The van der Waals surface area contributed by atoms with Gasteiger partial charge in [0.2, 0.25) is 0 Å². The summed E-state index contributed by atoms with van der Waals surface area (Å²) in [4.78, 5) is 22.9. The monoisotopic (exact) mass is 1270 g/mol. The minimum Gasteiger partial charge on any atom is -0.232 e. The van der Waals surface area contributed by atoms with Gasteiger partial charge in [0.1, 0.15) is 28.5 Å². The molecule has 0 aliphatic rings. The SMILES string of the molecule is Cc1ccc2c(-c3ccccc3C)[n+](C)cnc2c1.Cc1ccc2nc[n+](C)c(-c3ccccc3C)c2c1.Cc1ccccc1-c1c2cccc(C(C)C)c2nc[n+]1C.Cc1ccccc1-c1c2cccc(C)c2nc[n+]1C.Cc1ccccc1-c1c2ccccc2nc(C)[n+]1C. The van der Waals surface area contributed by atoms with Crippen molar-refractivity contribution in [2.75, 3.05) is 0 Å². The second kappa shape index (κ2) is 29.7. The molecule has 0 saturated heterocycles. The number of fused-ring (bicyclic) bond motifs is 5. The quantitative estimate of drug-likeness (QED) is 0.155. The molecule has 482 valence electrons. The van der Waals surface area contributed by atoms with Gasteiger partial charge in [-0.2, -0.15) is 0 Å². The standard InChI is InChI=1S/C19H21N2.4C17H17N2/c1-13(2)15-10-7-11-17-18(15)20-12-21(4)19(17)16-9-6-5-8-14(16)3;1-12-8-4-5-9-14(12)17-15-10-6-7-11-16(15)18-13(2)19(17)3;1-12-7-4-5-9-14(12)17-15-10-6-8-13(2)16(15)18-11-19(17)3;1-12-8-9-16-15(10-12)17(19(3)11-18-16)14-7-5-4-6-13(14)2;1-12-8-9-15-16(10-12)18-11-19(3)17(15)14-7-5-4-6-13(14)2/h5-13H,1-4H3;4*4-11H,1-3H3/q5*+1. The van der Waals surface area contributed by atoms with Gasteiger partial charge < -0.3 is 0 Å². The Morgan fingerprint density at radius 2 is 0.639 bits per heavy atom. The first kappa shape index (κ1) is 67.3. The molecule has 0 radical (unpaired) electrons. The van der Waals surface area contributed by atoms with Crippen molar-refractivity contribution in [2.24, 2.45) is 35.2 Å². The van der Waals surface area contributed by atoms with E-state index in [1.165, 1.54) is 133 Å². The number of nitrogens with zero attached hydrogens (tertiary/aromatic N) is 10. The molecule has 97 heavy (non-hydrogen) atoms. The summed E-state index contributed by atoms with van der Waals surface area (Å²) >= 11 is 0. The largest absolute Gasteiger partial charge is 0.296 e. The molecule has 10 heteroatoms. The summed E-state index contributed by atoms with van der Waals surface area (Å²) < 4.78 is 10.6. The zero-order valence-corrected chi connectivity index (χ0v) is 59.1. The van der Waals surface area contributed by atoms with Crippen molar-refractivity contribution >= 4 is 54.5 Å². The van der Waals surface area contributed by atoms with E-state index in [4.69, 9.17) is 0 Å². The molecule has 15 aromatic rings. The molecule has 0 bridgehead atoms. The van der Waals surface area contributed by atoms with E-state index >= 15 is 0 Å². The lowest BCUT2D eigenvalue weighted by Gasteiger charge is -2.11. The normalized spacial score (nSPS) is 11.0. The van der Waals surface area contributed by atoms with Crippen LogP contribution in [0.5, 0.6) is 0 Å². The van der Waals surface area contributed by atoms with Gasteiger partial charge in [0.25, 0.3) is 31.1 Å². The molecule has 0 aliphatic heterocycles. The highest BCUT2D eigenvalue weighted by Crippen LogP contribution is 2.34. The second-order valence-electron chi connectivity index (χ2n) is 25.9. The van der Waals surface area contributed by atoms with Crippen LogP contribution in [0.25, 0.3) is 111 Å². The van der Waals surface area contributed by atoms with E-state index in [9.17, 15) is 0 Å². The van der Waals surface area contributed by atoms with E-state index in [0.29, 0.717) is 5.92 Å². The van der Waals surface area contributed by atoms with Crippen LogP contribution in [0, 0.1) is 62.3 Å². The van der Waals surface area contributed by atoms with Crippen LogP contribution in [0.4, 0.5) is 0 Å². The van der Waals surface area contributed by atoms with Crippen LogP contribution < -0.4 is 22.8 Å². The number of aromatic nitrogens is 10. The highest BCUT2D eigenvalue weighted by Gasteiger charge is 2.23. The second-order valence-corrected chi connectivity index (χ2v) is 25.9. The number of hydrogen-bond acceptors (Lipinski definition) is 5. The zero-order chi connectivity index (χ0) is 68.6. The lowest BCUT2D eigenvalue weighted by molar-refractivity contribution is -0.668. The Hall–Kier alpha value is -11.1. The van der Waals surface area contributed by atoms with E-state index in [0.717, 1.165) is 33.4 Å². The van der Waals surface area contributed by atoms with Crippen molar-refractivity contribution in [2.45, 2.75) is 82.1 Å². The number of rotatable bonds is 6. The topological polar surface area (TPSA) is 83.8 Å². The van der Waals surface area contributed by atoms with E-state index in [-0.39, 0.29) is 0 Å². The maximum Gasteiger partial charge on any atom is 0.296 e. The van der Waals surface area contributed by atoms with Crippen molar-refractivity contribution in [3.05, 3.63) is 300 Å². The van der Waals surface area contributed by atoms with Crippen LogP contribution in [0.1, 0.15) is 75.7 Å². The molecule has 15 rings (SSSR count). The molecule has 10 nitrogen and oxygen atoms in total. The van der Waals surface area contributed by atoms with Gasteiger partial charge in [-0.15, -0.1) is 0 Å². The molecule has 5 aromatic heterocycles. The molecule has 0 saturated carbocycles. The van der Waals surface area contributed by atoms with Crippen molar-refractivity contribution < 1.29 is 22.8 Å². The van der Waals surface area contributed by atoms with Gasteiger partial charge in [-0.05, 0) is 168 Å². The van der Waals surface area contributed by atoms with Crippen molar-refractivity contribution in [1.82, 2.24) is 24.9 Å². The molecule has 0 spiro atoms. The van der Waals surface area contributed by atoms with Crippen LogP contribution in [0.2, 0.25) is 0 Å². The van der Waals surface area contributed by atoms with Crippen molar-refractivity contribution in [1.29, 1.82) is 0 Å². The highest BCUT2D eigenvalue weighted by molar-refractivity contribution is 5.96. The van der Waals surface area contributed by atoms with E-state index in [2.05, 4.69) is 358 Å². The smallest absolute Gasteiger partial charge is 0.232 e. The maximum atomic E-state index is 4.68. The van der Waals surface area contributed by atoms with Crippen LogP contribution >= 0.6 is 0 Å². The van der Waals surface area contributed by atoms with Crippen molar-refractivity contribution in [3.63, 3.8) is 0 Å². The van der Waals surface area contributed by atoms with Gasteiger partial charge in [0.05, 0.1) is 62.2 Å². The minimum atomic E-state index is 0.471. The summed E-state index contributed by atoms with van der Waals surface area (Å²) in [6.45, 7) is 23.6. The Morgan fingerprint density at radius 1 is 0.278 bits per heavy atom. The summed E-state index contributed by atoms with van der Waals surface area (Å²) in [5, 5.41) is 6.04. The van der Waals surface area contributed by atoms with Gasteiger partial charge in [-0.1, -0.05) is 189 Å². The third-order valence-electron chi connectivity index (χ3n) is 18.4. The Labute approximate surface area is 572 Å². The van der Waals surface area contributed by atoms with Gasteiger partial charge in [-0.3, -0.25) is 0 Å². The Bertz CT molecular complexity index is 5340. The Kier molecular flexibility index (Phi) is 20.6. The number of hydrogen-bond donors (Lipinski definition) is 0. The fourth-order valence-corrected chi connectivity index (χ4v) is 13.1. The average molecular weight is 1270 g/mol. The third kappa shape index (κ3) is 14.5. The van der Waals surface area contributed by atoms with Gasteiger partial charge in [0.15, 0.2) is 27.6 Å². The predicted molar refractivity (Wildman–Crippen MR) is 398 cm³/mol. The molecular weight excluding hydrogens is 1190 g/mol. The molecule has 0 N–H and O–H groups in total. The minimum absolute atomic E-state index is 0.471. The molecule has 0 atom stereocenters. The fourth-order valence-electron chi connectivity index (χ4n) is 13.1. The third-order valence-corrected chi connectivity index (χ3v) is 18.4. The predicted octanol–water partition coefficient (Wildman–Crippen LogP) is 17.5. The van der Waals surface area contributed by atoms with Crippen LogP contribution in [-0.4, -0.2) is 24.9 Å². The van der Waals surface area contributed by atoms with E-state index in [1.807, 2.05) is 45.3 Å². The highest BCUT2D eigenvalue weighted by atomic mass is 15.0. The van der Waals surface area contributed by atoms with Gasteiger partial charge >= 0.3 is 0 Å². The molecular formula is C87H89N10+5. The maximum absolute atomic E-state index is 4.68. The molecule has 0 amide bonds. The molecule has 0 aliphatic carbocycles. The number of benzene rings is 10. The van der Waals surface area contributed by atoms with Crippen LogP contribution in [0.3, 0.4) is 0 Å². The molecule has 10 aromatic carbocycles. The molecule has 5 heterocycles. The van der Waals surface area contributed by atoms with Crippen LogP contribution in [0.15, 0.2) is 244 Å². The van der Waals surface area contributed by atoms with Gasteiger partial charge in [-0.25, -0.2) is 22.8 Å². The first-order valence-electron chi connectivity index (χ1n) is 33.4. The van der Waals surface area contributed by atoms with E-state index < -0.39 is 0 Å². The number of para-hydroxylation sites is 3. The Morgan fingerprint density at radius 3 is 1.14 bits per heavy atom. The molecule has 0 fully saturated rings. The zero-order valence-electron chi connectivity index (χ0n) is 59.1. The lowest BCUT2D eigenvalue weighted by Crippen LogP contribution is -2.36. The van der Waals surface area contributed by atoms with Crippen molar-refractivity contribution in [3.8, 4) is 56.3 Å². The first-order chi connectivity index (χ1) is 46.8. The van der Waals surface area contributed by atoms with Crippen LogP contribution in [-0.2, 0) is 35.2 Å². The summed E-state index contributed by atoms with van der Waals surface area (Å²) in [7, 11) is 10.3. The van der Waals surface area contributed by atoms with E-state index in [1.54, 1.807) is 0 Å². The Balaban J connectivity index is 0.000000123. The van der Waals surface area contributed by atoms with Gasteiger partial charge in [0, 0.05) is 45.9 Å².